The Morgan fingerprint density at radius 1 is 1.12 bits per heavy atom. The fourth-order valence-corrected chi connectivity index (χ4v) is 4.01. The van der Waals surface area contributed by atoms with Gasteiger partial charge in [-0.2, -0.15) is 5.10 Å². The molecule has 0 aromatic carbocycles. The van der Waals surface area contributed by atoms with Crippen LogP contribution >= 0.6 is 0 Å². The van der Waals surface area contributed by atoms with Crippen LogP contribution in [0, 0.1) is 20.8 Å². The van der Waals surface area contributed by atoms with Gasteiger partial charge in [0.2, 0.25) is 11.9 Å². The van der Waals surface area contributed by atoms with E-state index in [1.807, 2.05) is 13.8 Å². The van der Waals surface area contributed by atoms with E-state index in [4.69, 9.17) is 4.42 Å². The van der Waals surface area contributed by atoms with Gasteiger partial charge in [0.25, 0.3) is 11.5 Å². The van der Waals surface area contributed by atoms with Gasteiger partial charge in [0, 0.05) is 50.1 Å². The van der Waals surface area contributed by atoms with Crippen molar-refractivity contribution < 1.29 is 14.0 Å². The summed E-state index contributed by atoms with van der Waals surface area (Å²) in [4.78, 5) is 47.5. The molecule has 0 spiro atoms. The molecule has 0 radical (unpaired) electrons. The van der Waals surface area contributed by atoms with Crippen LogP contribution in [0.5, 0.6) is 0 Å². The Labute approximate surface area is 184 Å². The molecule has 0 bridgehead atoms. The number of aryl methyl sites for hydroxylation is 2. The lowest BCUT2D eigenvalue weighted by Crippen LogP contribution is -2.50. The molecule has 1 aliphatic rings. The second-order valence-corrected chi connectivity index (χ2v) is 7.92. The van der Waals surface area contributed by atoms with Crippen molar-refractivity contribution >= 4 is 11.8 Å². The molecule has 1 saturated heterocycles. The average Bonchev–Trinajstić information content (AvgIpc) is 3.40. The fraction of sp³-hybridized carbons (Fsp3) is 0.409. The molecule has 32 heavy (non-hydrogen) atoms. The normalized spacial score (nSPS) is 14.1. The molecule has 1 aliphatic heterocycles. The maximum Gasteiger partial charge on any atom is 0.289 e. The Balaban J connectivity index is 1.37. The van der Waals surface area contributed by atoms with Crippen molar-refractivity contribution in [3.8, 4) is 5.95 Å². The van der Waals surface area contributed by atoms with E-state index in [1.165, 1.54) is 12.3 Å². The molecule has 1 fully saturated rings. The van der Waals surface area contributed by atoms with Crippen molar-refractivity contribution in [2.75, 3.05) is 26.2 Å². The quantitative estimate of drug-likeness (QED) is 0.643. The number of H-pyrrole nitrogens is 1. The predicted octanol–water partition coefficient (Wildman–Crippen LogP) is 1.39. The average molecular weight is 438 g/mol. The van der Waals surface area contributed by atoms with Crippen molar-refractivity contribution in [1.29, 1.82) is 0 Å². The standard InChI is InChI=1S/C22H26N6O4/c1-14-13-19(29)24-22(23-14)28-16(3)17(15(2)25-28)6-7-20(30)26-8-10-27(11-9-26)21(31)18-5-4-12-32-18/h4-5,12-13H,6-11H2,1-3H3,(H,23,24,29). The molecule has 168 valence electrons. The molecule has 10 heteroatoms. The Kier molecular flexibility index (Phi) is 5.93. The summed E-state index contributed by atoms with van der Waals surface area (Å²) in [6.45, 7) is 7.50. The largest absolute Gasteiger partial charge is 0.459 e. The Morgan fingerprint density at radius 3 is 2.50 bits per heavy atom. The van der Waals surface area contributed by atoms with Crippen LogP contribution in [0.4, 0.5) is 0 Å². The number of carbonyl (C=O) groups is 2. The molecule has 4 heterocycles. The van der Waals surface area contributed by atoms with Crippen molar-refractivity contribution in [2.24, 2.45) is 0 Å². The first-order chi connectivity index (χ1) is 15.3. The van der Waals surface area contributed by atoms with E-state index < -0.39 is 0 Å². The van der Waals surface area contributed by atoms with Gasteiger partial charge in [-0.25, -0.2) is 9.67 Å². The second kappa shape index (κ2) is 8.81. The molecular weight excluding hydrogens is 412 g/mol. The topological polar surface area (TPSA) is 117 Å². The number of rotatable bonds is 5. The van der Waals surface area contributed by atoms with Crippen molar-refractivity contribution in [3.63, 3.8) is 0 Å². The number of hydrogen-bond donors (Lipinski definition) is 1. The third-order valence-electron chi connectivity index (χ3n) is 5.74. The number of amides is 2. The molecule has 0 saturated carbocycles. The monoisotopic (exact) mass is 438 g/mol. The molecule has 0 atom stereocenters. The molecule has 3 aromatic heterocycles. The second-order valence-electron chi connectivity index (χ2n) is 7.92. The zero-order chi connectivity index (χ0) is 22.8. The Bertz CT molecular complexity index is 1190. The zero-order valence-electron chi connectivity index (χ0n) is 18.4. The molecule has 10 nitrogen and oxygen atoms in total. The van der Waals surface area contributed by atoms with E-state index in [2.05, 4.69) is 15.1 Å². The van der Waals surface area contributed by atoms with E-state index >= 15 is 0 Å². The van der Waals surface area contributed by atoms with Gasteiger partial charge in [-0.05, 0) is 44.9 Å². The lowest BCUT2D eigenvalue weighted by molar-refractivity contribution is -0.132. The number of aromatic amines is 1. The van der Waals surface area contributed by atoms with Gasteiger partial charge in [0.1, 0.15) is 0 Å². The molecular formula is C22H26N6O4. The maximum atomic E-state index is 12.8. The van der Waals surface area contributed by atoms with E-state index in [-0.39, 0.29) is 17.4 Å². The molecule has 0 unspecified atom stereocenters. The molecule has 4 rings (SSSR count). The van der Waals surface area contributed by atoms with Crippen LogP contribution in [-0.2, 0) is 11.2 Å². The fourth-order valence-electron chi connectivity index (χ4n) is 4.01. The number of nitrogens with zero attached hydrogens (tertiary/aromatic N) is 5. The van der Waals surface area contributed by atoms with Gasteiger partial charge in [-0.1, -0.05) is 0 Å². The molecule has 0 aliphatic carbocycles. The minimum absolute atomic E-state index is 0.0451. The van der Waals surface area contributed by atoms with Crippen LogP contribution in [-0.4, -0.2) is 67.5 Å². The van der Waals surface area contributed by atoms with Gasteiger partial charge in [0.15, 0.2) is 5.76 Å². The number of furan rings is 1. The third-order valence-corrected chi connectivity index (χ3v) is 5.74. The number of hydrogen-bond acceptors (Lipinski definition) is 6. The van der Waals surface area contributed by atoms with E-state index in [1.54, 1.807) is 33.5 Å². The van der Waals surface area contributed by atoms with Gasteiger partial charge in [-0.3, -0.25) is 19.4 Å². The van der Waals surface area contributed by atoms with E-state index in [0.717, 1.165) is 17.0 Å². The summed E-state index contributed by atoms with van der Waals surface area (Å²) in [7, 11) is 0. The van der Waals surface area contributed by atoms with Crippen LogP contribution < -0.4 is 5.56 Å². The minimum Gasteiger partial charge on any atom is -0.459 e. The highest BCUT2D eigenvalue weighted by molar-refractivity contribution is 5.91. The summed E-state index contributed by atoms with van der Waals surface area (Å²) < 4.78 is 6.79. The highest BCUT2D eigenvalue weighted by atomic mass is 16.3. The minimum atomic E-state index is -0.235. The number of piperazine rings is 1. The molecule has 3 aromatic rings. The first-order valence-electron chi connectivity index (χ1n) is 10.6. The molecule has 2 amide bonds. The Morgan fingerprint density at radius 2 is 1.84 bits per heavy atom. The first kappa shape index (κ1) is 21.5. The summed E-state index contributed by atoms with van der Waals surface area (Å²) in [6.07, 6.45) is 2.36. The summed E-state index contributed by atoms with van der Waals surface area (Å²) in [5, 5.41) is 4.51. The summed E-state index contributed by atoms with van der Waals surface area (Å²) >= 11 is 0. The zero-order valence-corrected chi connectivity index (χ0v) is 18.4. The molecule has 1 N–H and O–H groups in total. The predicted molar refractivity (Wildman–Crippen MR) is 116 cm³/mol. The first-order valence-corrected chi connectivity index (χ1v) is 10.6. The maximum absolute atomic E-state index is 12.8. The van der Waals surface area contributed by atoms with Crippen molar-refractivity contribution in [1.82, 2.24) is 29.5 Å². The van der Waals surface area contributed by atoms with Crippen LogP contribution in [0.3, 0.4) is 0 Å². The van der Waals surface area contributed by atoms with Crippen LogP contribution in [0.2, 0.25) is 0 Å². The summed E-state index contributed by atoms with van der Waals surface area (Å²) in [5.41, 5.74) is 2.99. The Hall–Kier alpha value is -3.69. The van der Waals surface area contributed by atoms with Crippen LogP contribution in [0.15, 0.2) is 33.7 Å². The smallest absolute Gasteiger partial charge is 0.289 e. The number of carbonyl (C=O) groups excluding carboxylic acids is 2. The SMILES string of the molecule is Cc1cc(=O)[nH]c(-n2nc(C)c(CCC(=O)N3CCN(C(=O)c4ccco4)CC3)c2C)n1. The van der Waals surface area contributed by atoms with Crippen molar-refractivity contribution in [2.45, 2.75) is 33.6 Å². The van der Waals surface area contributed by atoms with Crippen LogP contribution in [0.25, 0.3) is 5.95 Å². The number of aromatic nitrogens is 4. The van der Waals surface area contributed by atoms with Gasteiger partial charge in [-0.15, -0.1) is 0 Å². The lowest BCUT2D eigenvalue weighted by atomic mass is 10.1. The summed E-state index contributed by atoms with van der Waals surface area (Å²) in [6, 6.07) is 4.76. The highest BCUT2D eigenvalue weighted by Gasteiger charge is 2.26. The third kappa shape index (κ3) is 4.34. The lowest BCUT2D eigenvalue weighted by Gasteiger charge is -2.34. The van der Waals surface area contributed by atoms with Crippen LogP contribution in [0.1, 0.15) is 39.6 Å². The van der Waals surface area contributed by atoms with Crippen molar-refractivity contribution in [3.05, 3.63) is 63.2 Å². The van der Waals surface area contributed by atoms with E-state index in [9.17, 15) is 14.4 Å². The van der Waals surface area contributed by atoms with Gasteiger partial charge in [0.05, 0.1) is 12.0 Å². The summed E-state index contributed by atoms with van der Waals surface area (Å²) in [5.74, 6) is 0.579. The van der Waals surface area contributed by atoms with Gasteiger partial charge < -0.3 is 14.2 Å². The highest BCUT2D eigenvalue weighted by Crippen LogP contribution is 2.18. The van der Waals surface area contributed by atoms with E-state index in [0.29, 0.717) is 56.4 Å². The number of nitrogens with one attached hydrogen (secondary N) is 1. The van der Waals surface area contributed by atoms with Gasteiger partial charge >= 0.3 is 0 Å².